The van der Waals surface area contributed by atoms with Crippen LogP contribution in [0.25, 0.3) is 0 Å². The second kappa shape index (κ2) is 11.1. The zero-order valence-electron chi connectivity index (χ0n) is 20.1. The highest BCUT2D eigenvalue weighted by atomic mass is 35.5. The molecule has 188 valence electrons. The number of rotatable bonds is 8. The van der Waals surface area contributed by atoms with Gasteiger partial charge in [-0.15, -0.1) is 0 Å². The molecule has 0 aliphatic carbocycles. The summed E-state index contributed by atoms with van der Waals surface area (Å²) in [6.07, 6.45) is -0.450. The van der Waals surface area contributed by atoms with Crippen molar-refractivity contribution in [3.05, 3.63) is 106 Å². The standard InChI is InChI=1S/C29H28ClFO5/c1-17(2)22-15-23(20-10-4-5-12-24(20)30)27(18-8-6-9-19(31)14-18)36-28(22)21-11-7-13-25(34-3)29(21)35-16-26(32)33/h4-14,22-23,27-28H,1,15-16H2,2-3H3,(H,32,33)/t22-,23-,27+,28-/m1/s1. The molecule has 3 aromatic carbocycles. The van der Waals surface area contributed by atoms with E-state index >= 15 is 0 Å². The van der Waals surface area contributed by atoms with Crippen LogP contribution in [-0.4, -0.2) is 24.8 Å². The van der Waals surface area contributed by atoms with E-state index in [-0.39, 0.29) is 17.7 Å². The maximum atomic E-state index is 14.3. The molecule has 0 unspecified atom stereocenters. The zero-order chi connectivity index (χ0) is 25.8. The first kappa shape index (κ1) is 25.7. The molecule has 0 aromatic heterocycles. The highest BCUT2D eigenvalue weighted by molar-refractivity contribution is 6.31. The summed E-state index contributed by atoms with van der Waals surface area (Å²) < 4.78 is 32.2. The van der Waals surface area contributed by atoms with E-state index in [0.29, 0.717) is 34.1 Å². The topological polar surface area (TPSA) is 65.0 Å². The van der Waals surface area contributed by atoms with Gasteiger partial charge in [0.05, 0.1) is 19.3 Å². The number of para-hydroxylation sites is 1. The van der Waals surface area contributed by atoms with Crippen LogP contribution in [0.1, 0.15) is 48.2 Å². The van der Waals surface area contributed by atoms with Gasteiger partial charge in [-0.3, -0.25) is 0 Å². The Morgan fingerprint density at radius 2 is 1.83 bits per heavy atom. The fourth-order valence-corrected chi connectivity index (χ4v) is 5.16. The first-order valence-corrected chi connectivity index (χ1v) is 12.0. The SMILES string of the molecule is C=C(C)[C@H]1C[C@H](c2ccccc2Cl)[C@H](c2cccc(F)c2)O[C@@H]1c1cccc(OC)c1OCC(=O)O. The van der Waals surface area contributed by atoms with Gasteiger partial charge in [0.1, 0.15) is 5.82 Å². The number of hydrogen-bond donors (Lipinski definition) is 1. The lowest BCUT2D eigenvalue weighted by Crippen LogP contribution is -2.32. The highest BCUT2D eigenvalue weighted by Crippen LogP contribution is 2.54. The minimum absolute atomic E-state index is 0.157. The average molecular weight is 511 g/mol. The first-order chi connectivity index (χ1) is 17.3. The molecule has 1 heterocycles. The second-order valence-electron chi connectivity index (χ2n) is 8.91. The van der Waals surface area contributed by atoms with Crippen LogP contribution in [-0.2, 0) is 9.53 Å². The first-order valence-electron chi connectivity index (χ1n) is 11.6. The van der Waals surface area contributed by atoms with Gasteiger partial charge in [-0.05, 0) is 48.7 Å². The van der Waals surface area contributed by atoms with Crippen LogP contribution < -0.4 is 9.47 Å². The van der Waals surface area contributed by atoms with Gasteiger partial charge in [0, 0.05) is 22.4 Å². The number of aliphatic carboxylic acids is 1. The number of ether oxygens (including phenoxy) is 3. The van der Waals surface area contributed by atoms with E-state index in [9.17, 15) is 14.3 Å². The fourth-order valence-electron chi connectivity index (χ4n) is 4.88. The highest BCUT2D eigenvalue weighted by Gasteiger charge is 2.42. The van der Waals surface area contributed by atoms with Gasteiger partial charge in [-0.2, -0.15) is 0 Å². The van der Waals surface area contributed by atoms with E-state index in [1.807, 2.05) is 43.3 Å². The molecule has 1 N–H and O–H groups in total. The third-order valence-corrected chi connectivity index (χ3v) is 6.87. The third-order valence-electron chi connectivity index (χ3n) is 6.52. The molecule has 1 fully saturated rings. The van der Waals surface area contributed by atoms with Crippen molar-refractivity contribution in [3.8, 4) is 11.5 Å². The van der Waals surface area contributed by atoms with E-state index in [1.165, 1.54) is 19.2 Å². The molecule has 0 spiro atoms. The number of hydrogen-bond acceptors (Lipinski definition) is 4. The Bertz CT molecular complexity index is 1260. The van der Waals surface area contributed by atoms with Crippen molar-refractivity contribution in [3.63, 3.8) is 0 Å². The van der Waals surface area contributed by atoms with Gasteiger partial charge in [0.2, 0.25) is 0 Å². The fraction of sp³-hybridized carbons (Fsp3) is 0.276. The molecule has 1 aliphatic heterocycles. The lowest BCUT2D eigenvalue weighted by molar-refractivity contribution is -0.139. The minimum Gasteiger partial charge on any atom is -0.493 e. The molecule has 36 heavy (non-hydrogen) atoms. The summed E-state index contributed by atoms with van der Waals surface area (Å²) in [6, 6.07) is 19.3. The summed E-state index contributed by atoms with van der Waals surface area (Å²) in [6.45, 7) is 5.63. The molecule has 0 bridgehead atoms. The maximum Gasteiger partial charge on any atom is 0.341 e. The van der Waals surface area contributed by atoms with Crippen molar-refractivity contribution in [2.24, 2.45) is 5.92 Å². The summed E-state index contributed by atoms with van der Waals surface area (Å²) >= 11 is 6.61. The summed E-state index contributed by atoms with van der Waals surface area (Å²) in [5.41, 5.74) is 3.12. The third kappa shape index (κ3) is 5.40. The summed E-state index contributed by atoms with van der Waals surface area (Å²) in [5, 5.41) is 9.83. The van der Waals surface area contributed by atoms with Crippen LogP contribution in [0, 0.1) is 11.7 Å². The number of halogens is 2. The maximum absolute atomic E-state index is 14.3. The van der Waals surface area contributed by atoms with Crippen LogP contribution in [0.5, 0.6) is 11.5 Å². The van der Waals surface area contributed by atoms with Gasteiger partial charge in [-0.25, -0.2) is 9.18 Å². The predicted molar refractivity (Wildman–Crippen MR) is 136 cm³/mol. The molecule has 1 saturated heterocycles. The summed E-state index contributed by atoms with van der Waals surface area (Å²) in [4.78, 5) is 11.3. The number of carbonyl (C=O) groups is 1. The molecule has 7 heteroatoms. The minimum atomic E-state index is -1.11. The Balaban J connectivity index is 1.84. The molecular weight excluding hydrogens is 483 g/mol. The Hall–Kier alpha value is -3.35. The van der Waals surface area contributed by atoms with E-state index in [2.05, 4.69) is 6.58 Å². The Morgan fingerprint density at radius 3 is 2.50 bits per heavy atom. The van der Waals surface area contributed by atoms with Crippen molar-refractivity contribution in [2.45, 2.75) is 31.5 Å². The molecule has 4 rings (SSSR count). The van der Waals surface area contributed by atoms with Crippen molar-refractivity contribution < 1.29 is 28.5 Å². The largest absolute Gasteiger partial charge is 0.493 e. The van der Waals surface area contributed by atoms with Crippen LogP contribution in [0.15, 0.2) is 78.9 Å². The van der Waals surface area contributed by atoms with Crippen molar-refractivity contribution in [1.82, 2.24) is 0 Å². The van der Waals surface area contributed by atoms with Crippen LogP contribution in [0.4, 0.5) is 4.39 Å². The van der Waals surface area contributed by atoms with Crippen molar-refractivity contribution in [1.29, 1.82) is 0 Å². The van der Waals surface area contributed by atoms with E-state index in [1.54, 1.807) is 18.2 Å². The van der Waals surface area contributed by atoms with E-state index < -0.39 is 24.8 Å². The van der Waals surface area contributed by atoms with Gasteiger partial charge in [0.25, 0.3) is 0 Å². The molecule has 0 radical (unpaired) electrons. The van der Waals surface area contributed by atoms with Crippen LogP contribution >= 0.6 is 11.6 Å². The predicted octanol–water partition coefficient (Wildman–Crippen LogP) is 7.13. The van der Waals surface area contributed by atoms with E-state index in [0.717, 1.165) is 11.1 Å². The average Bonchev–Trinajstić information content (AvgIpc) is 2.86. The summed E-state index contributed by atoms with van der Waals surface area (Å²) in [7, 11) is 1.49. The van der Waals surface area contributed by atoms with Gasteiger partial charge in [0.15, 0.2) is 18.1 Å². The Kier molecular flexibility index (Phi) is 7.97. The summed E-state index contributed by atoms with van der Waals surface area (Å²) in [5.74, 6) is -1.10. The van der Waals surface area contributed by atoms with Gasteiger partial charge in [-0.1, -0.05) is 66.2 Å². The van der Waals surface area contributed by atoms with Crippen molar-refractivity contribution in [2.75, 3.05) is 13.7 Å². The molecule has 0 amide bonds. The molecule has 3 aromatic rings. The lowest BCUT2D eigenvalue weighted by Gasteiger charge is -2.43. The van der Waals surface area contributed by atoms with Crippen LogP contribution in [0.2, 0.25) is 5.02 Å². The molecule has 5 nitrogen and oxygen atoms in total. The number of methoxy groups -OCH3 is 1. The quantitative estimate of drug-likeness (QED) is 0.326. The normalized spacial score (nSPS) is 21.6. The molecular formula is C29H28ClFO5. The number of carboxylic acids is 1. The lowest BCUT2D eigenvalue weighted by atomic mass is 9.74. The Labute approximate surface area is 215 Å². The van der Waals surface area contributed by atoms with Crippen molar-refractivity contribution >= 4 is 17.6 Å². The molecule has 0 saturated carbocycles. The van der Waals surface area contributed by atoms with E-state index in [4.69, 9.17) is 25.8 Å². The zero-order valence-corrected chi connectivity index (χ0v) is 20.9. The molecule has 4 atom stereocenters. The number of carboxylic acid groups (broad SMARTS) is 1. The van der Waals surface area contributed by atoms with Crippen LogP contribution in [0.3, 0.4) is 0 Å². The van der Waals surface area contributed by atoms with Gasteiger partial charge < -0.3 is 19.3 Å². The molecule has 1 aliphatic rings. The second-order valence-corrected chi connectivity index (χ2v) is 9.32. The Morgan fingerprint density at radius 1 is 1.11 bits per heavy atom. The smallest absolute Gasteiger partial charge is 0.341 e. The monoisotopic (exact) mass is 510 g/mol. The number of benzene rings is 3. The van der Waals surface area contributed by atoms with Gasteiger partial charge >= 0.3 is 5.97 Å².